The molecule has 9 heteroatoms. The number of benzene rings is 1. The number of likely N-dealkylation sites (tertiary alicyclic amines) is 1. The van der Waals surface area contributed by atoms with Crippen molar-refractivity contribution in [1.29, 1.82) is 0 Å². The summed E-state index contributed by atoms with van der Waals surface area (Å²) in [5, 5.41) is 14.7. The Balaban J connectivity index is 1.68. The van der Waals surface area contributed by atoms with E-state index in [1.54, 1.807) is 25.2 Å². The monoisotopic (exact) mass is 379 g/mol. The van der Waals surface area contributed by atoms with Gasteiger partial charge in [-0.1, -0.05) is 23.4 Å². The summed E-state index contributed by atoms with van der Waals surface area (Å²) in [6.45, 7) is 0.440. The number of aromatic nitrogens is 3. The molecule has 0 radical (unpaired) electrons. The van der Waals surface area contributed by atoms with Crippen molar-refractivity contribution in [3.05, 3.63) is 54.2 Å². The van der Waals surface area contributed by atoms with Gasteiger partial charge in [0.05, 0.1) is 18.1 Å². The van der Waals surface area contributed by atoms with Crippen LogP contribution in [0.15, 0.2) is 47.2 Å². The molecule has 0 saturated carbocycles. The Morgan fingerprint density at radius 1 is 1.25 bits per heavy atom. The van der Waals surface area contributed by atoms with E-state index in [1.807, 2.05) is 12.1 Å². The number of nitrogens with two attached hydrogens (primary N) is 1. The van der Waals surface area contributed by atoms with Gasteiger partial charge in [-0.15, -0.1) is 0 Å². The normalized spacial score (nSPS) is 19.2. The Hall–Kier alpha value is -3.59. The molecular weight excluding hydrogens is 362 g/mol. The summed E-state index contributed by atoms with van der Waals surface area (Å²) in [5.74, 6) is -0.966. The molecule has 1 fully saturated rings. The van der Waals surface area contributed by atoms with E-state index in [0.29, 0.717) is 29.1 Å². The summed E-state index contributed by atoms with van der Waals surface area (Å²) in [6, 6.07) is 8.76. The number of rotatable bonds is 4. The summed E-state index contributed by atoms with van der Waals surface area (Å²) < 4.78 is 5.28. The molecule has 0 aliphatic carbocycles. The molecule has 1 aliphatic rings. The lowest BCUT2D eigenvalue weighted by Gasteiger charge is -2.16. The van der Waals surface area contributed by atoms with Crippen molar-refractivity contribution in [1.82, 2.24) is 20.0 Å². The maximum absolute atomic E-state index is 12.2. The highest BCUT2D eigenvalue weighted by atomic mass is 16.5. The van der Waals surface area contributed by atoms with Crippen molar-refractivity contribution in [3.8, 4) is 22.5 Å². The molecule has 142 valence electrons. The number of carbonyl (C=O) groups is 2. The molecule has 2 amide bonds. The second kappa shape index (κ2) is 6.54. The lowest BCUT2D eigenvalue weighted by Crippen LogP contribution is -2.35. The van der Waals surface area contributed by atoms with Crippen molar-refractivity contribution in [2.45, 2.75) is 12.0 Å². The minimum atomic E-state index is -1.70. The van der Waals surface area contributed by atoms with Gasteiger partial charge in [-0.05, 0) is 6.07 Å². The molecule has 0 spiro atoms. The Bertz CT molecular complexity index is 1080. The Kier molecular flexibility index (Phi) is 4.16. The fraction of sp³-hybridized carbons (Fsp3) is 0.211. The van der Waals surface area contributed by atoms with Crippen LogP contribution in [-0.2, 0) is 10.4 Å². The predicted molar refractivity (Wildman–Crippen MR) is 97.6 cm³/mol. The van der Waals surface area contributed by atoms with Gasteiger partial charge >= 0.3 is 0 Å². The first-order valence-corrected chi connectivity index (χ1v) is 8.56. The van der Waals surface area contributed by atoms with Gasteiger partial charge in [-0.2, -0.15) is 0 Å². The van der Waals surface area contributed by atoms with E-state index >= 15 is 0 Å². The van der Waals surface area contributed by atoms with Crippen molar-refractivity contribution in [2.75, 3.05) is 13.6 Å². The van der Waals surface area contributed by atoms with Crippen LogP contribution in [0.1, 0.15) is 22.7 Å². The molecule has 0 unspecified atom stereocenters. The van der Waals surface area contributed by atoms with E-state index in [-0.39, 0.29) is 17.9 Å². The topological polar surface area (TPSA) is 135 Å². The molecule has 3 N–H and O–H groups in total. The average Bonchev–Trinajstić information content (AvgIpc) is 3.31. The van der Waals surface area contributed by atoms with Crippen LogP contribution in [-0.4, -0.2) is 50.5 Å². The second-order valence-electron chi connectivity index (χ2n) is 6.65. The minimum absolute atomic E-state index is 0.0673. The average molecular weight is 379 g/mol. The van der Waals surface area contributed by atoms with Gasteiger partial charge in [0.15, 0.2) is 5.76 Å². The van der Waals surface area contributed by atoms with E-state index in [4.69, 9.17) is 10.3 Å². The van der Waals surface area contributed by atoms with Crippen molar-refractivity contribution in [3.63, 3.8) is 0 Å². The Morgan fingerprint density at radius 3 is 2.68 bits per heavy atom. The quantitative estimate of drug-likeness (QED) is 0.689. The van der Waals surface area contributed by atoms with E-state index in [2.05, 4.69) is 15.1 Å². The number of nitrogens with zero attached hydrogens (tertiary/aromatic N) is 4. The molecule has 2 aromatic heterocycles. The first-order valence-electron chi connectivity index (χ1n) is 8.56. The highest BCUT2D eigenvalue weighted by Crippen LogP contribution is 2.35. The first-order chi connectivity index (χ1) is 13.4. The maximum atomic E-state index is 12.2. The van der Waals surface area contributed by atoms with Gasteiger partial charge < -0.3 is 20.3 Å². The van der Waals surface area contributed by atoms with Crippen molar-refractivity contribution in [2.24, 2.45) is 5.73 Å². The predicted octanol–water partition coefficient (Wildman–Crippen LogP) is 0.947. The first kappa shape index (κ1) is 17.8. The molecule has 3 aromatic rings. The summed E-state index contributed by atoms with van der Waals surface area (Å²) >= 11 is 0. The molecule has 1 aromatic carbocycles. The summed E-state index contributed by atoms with van der Waals surface area (Å²) in [6.07, 6.45) is 3.07. The molecule has 1 aliphatic heterocycles. The molecule has 4 rings (SSSR count). The van der Waals surface area contributed by atoms with Crippen LogP contribution < -0.4 is 5.73 Å². The molecule has 28 heavy (non-hydrogen) atoms. The fourth-order valence-corrected chi connectivity index (χ4v) is 3.15. The zero-order valence-electron chi connectivity index (χ0n) is 15.0. The minimum Gasteiger partial charge on any atom is -0.373 e. The van der Waals surface area contributed by atoms with Gasteiger partial charge in [0.25, 0.3) is 11.8 Å². The number of amides is 2. The SMILES string of the molecule is CN1CC[C@](O)(c2cc(-c3cccc(-c4cncc(C(N)=O)n4)c3)no2)C1=O. The largest absolute Gasteiger partial charge is 0.373 e. The standard InChI is InChI=1S/C19H17N5O4/c1-24-6-5-19(27,18(24)26)16-8-13(23-28-16)11-3-2-4-12(7-11)14-9-21-10-15(22-14)17(20)25/h2-4,7-10,27H,5-6H2,1H3,(H2,20,25)/t19-/m0/s1. The highest BCUT2D eigenvalue weighted by Gasteiger charge is 2.48. The number of aliphatic hydroxyl groups is 1. The molecule has 9 nitrogen and oxygen atoms in total. The van der Waals surface area contributed by atoms with E-state index in [9.17, 15) is 14.7 Å². The maximum Gasteiger partial charge on any atom is 0.268 e. The molecule has 3 heterocycles. The third-order valence-electron chi connectivity index (χ3n) is 4.77. The Morgan fingerprint density at radius 2 is 2.00 bits per heavy atom. The lowest BCUT2D eigenvalue weighted by molar-refractivity contribution is -0.144. The van der Waals surface area contributed by atoms with Gasteiger partial charge in [0.1, 0.15) is 11.4 Å². The zero-order valence-corrected chi connectivity index (χ0v) is 15.0. The van der Waals surface area contributed by atoms with Gasteiger partial charge in [0, 0.05) is 37.2 Å². The van der Waals surface area contributed by atoms with Crippen LogP contribution in [0.5, 0.6) is 0 Å². The van der Waals surface area contributed by atoms with Crippen LogP contribution in [0.2, 0.25) is 0 Å². The third kappa shape index (κ3) is 2.91. The van der Waals surface area contributed by atoms with Crippen LogP contribution in [0.3, 0.4) is 0 Å². The summed E-state index contributed by atoms with van der Waals surface area (Å²) in [5.41, 5.74) is 5.97. The van der Waals surface area contributed by atoms with Crippen LogP contribution in [0.4, 0.5) is 0 Å². The van der Waals surface area contributed by atoms with Crippen molar-refractivity contribution >= 4 is 11.8 Å². The molecular formula is C19H17N5O4. The van der Waals surface area contributed by atoms with Crippen LogP contribution in [0, 0.1) is 0 Å². The number of primary amides is 1. The number of hydrogen-bond acceptors (Lipinski definition) is 7. The Labute approximate surface area is 159 Å². The van der Waals surface area contributed by atoms with E-state index < -0.39 is 17.4 Å². The lowest BCUT2D eigenvalue weighted by atomic mass is 9.98. The number of likely N-dealkylation sites (N-methyl/N-ethyl adjacent to an activating group) is 1. The third-order valence-corrected chi connectivity index (χ3v) is 4.77. The number of carbonyl (C=O) groups excluding carboxylic acids is 2. The van der Waals surface area contributed by atoms with Gasteiger partial charge in [0.2, 0.25) is 5.60 Å². The highest BCUT2D eigenvalue weighted by molar-refractivity contribution is 5.91. The summed E-state index contributed by atoms with van der Waals surface area (Å²) in [4.78, 5) is 33.2. The number of hydrogen-bond donors (Lipinski definition) is 2. The summed E-state index contributed by atoms with van der Waals surface area (Å²) in [7, 11) is 1.63. The van der Waals surface area contributed by atoms with Crippen LogP contribution in [0.25, 0.3) is 22.5 Å². The van der Waals surface area contributed by atoms with Gasteiger partial charge in [-0.3, -0.25) is 14.6 Å². The van der Waals surface area contributed by atoms with E-state index in [0.717, 1.165) is 0 Å². The van der Waals surface area contributed by atoms with E-state index in [1.165, 1.54) is 17.3 Å². The fourth-order valence-electron chi connectivity index (χ4n) is 3.15. The van der Waals surface area contributed by atoms with Crippen molar-refractivity contribution < 1.29 is 19.2 Å². The van der Waals surface area contributed by atoms with Crippen LogP contribution >= 0.6 is 0 Å². The second-order valence-corrected chi connectivity index (χ2v) is 6.65. The molecule has 0 bridgehead atoms. The molecule has 1 saturated heterocycles. The smallest absolute Gasteiger partial charge is 0.268 e. The molecule has 1 atom stereocenters. The van der Waals surface area contributed by atoms with Gasteiger partial charge in [-0.25, -0.2) is 4.98 Å². The zero-order chi connectivity index (χ0) is 19.9.